The molecular formula is C25H46IN5O2. The van der Waals surface area contributed by atoms with Crippen LogP contribution in [0.2, 0.25) is 0 Å². The zero-order valence-electron chi connectivity index (χ0n) is 21.4. The van der Waals surface area contributed by atoms with E-state index in [4.69, 9.17) is 14.5 Å². The van der Waals surface area contributed by atoms with Crippen molar-refractivity contribution < 1.29 is 9.47 Å². The number of methoxy groups -OCH3 is 1. The summed E-state index contributed by atoms with van der Waals surface area (Å²) in [4.78, 5) is 9.94. The number of nitrogens with zero attached hydrogens (tertiary/aromatic N) is 3. The normalized spacial score (nSPS) is 16.2. The molecule has 1 aromatic carbocycles. The van der Waals surface area contributed by atoms with Gasteiger partial charge in [0.05, 0.1) is 13.2 Å². The molecule has 7 nitrogen and oxygen atoms in total. The summed E-state index contributed by atoms with van der Waals surface area (Å²) in [5, 5.41) is 6.91. The van der Waals surface area contributed by atoms with Gasteiger partial charge in [0.15, 0.2) is 5.96 Å². The molecule has 1 aliphatic rings. The van der Waals surface area contributed by atoms with Gasteiger partial charge in [-0.3, -0.25) is 0 Å². The zero-order chi connectivity index (χ0) is 23.2. The minimum atomic E-state index is 0. The molecule has 0 bridgehead atoms. The fourth-order valence-corrected chi connectivity index (χ4v) is 3.88. The van der Waals surface area contributed by atoms with Crippen LogP contribution in [0.3, 0.4) is 0 Å². The van der Waals surface area contributed by atoms with E-state index in [-0.39, 0.29) is 24.0 Å². The van der Waals surface area contributed by atoms with Gasteiger partial charge in [0, 0.05) is 71.5 Å². The summed E-state index contributed by atoms with van der Waals surface area (Å²) in [6.45, 7) is 19.5. The molecule has 1 aliphatic heterocycles. The van der Waals surface area contributed by atoms with Crippen LogP contribution in [0.15, 0.2) is 23.2 Å². The van der Waals surface area contributed by atoms with Crippen LogP contribution in [0.1, 0.15) is 38.3 Å². The number of hydrogen-bond acceptors (Lipinski definition) is 5. The molecule has 0 radical (unpaired) electrons. The average Bonchev–Trinajstić information content (AvgIpc) is 2.80. The van der Waals surface area contributed by atoms with Crippen LogP contribution in [0.5, 0.6) is 5.75 Å². The van der Waals surface area contributed by atoms with Gasteiger partial charge in [0.1, 0.15) is 5.75 Å². The number of guanidine groups is 1. The van der Waals surface area contributed by atoms with Gasteiger partial charge in [0.2, 0.25) is 0 Å². The smallest absolute Gasteiger partial charge is 0.191 e. The summed E-state index contributed by atoms with van der Waals surface area (Å²) < 4.78 is 11.1. The van der Waals surface area contributed by atoms with Gasteiger partial charge < -0.3 is 29.9 Å². The Kier molecular flexibility index (Phi) is 15.7. The third kappa shape index (κ3) is 11.7. The standard InChI is InChI=1S/C25H45N5O2.HI/c1-6-26-25(27-18-22(4)20-30-13-11-29(7-2)12-14-30)28-19-23-10-9-21(3)17-24(23)32-16-8-15-31-5;/h9-10,17,22H,6-8,11-16,18-20H2,1-5H3,(H2,26,27,28);1H. The molecular weight excluding hydrogens is 529 g/mol. The van der Waals surface area contributed by atoms with Crippen molar-refractivity contribution in [3.05, 3.63) is 29.3 Å². The van der Waals surface area contributed by atoms with E-state index in [1.54, 1.807) is 7.11 Å². The second-order valence-corrected chi connectivity index (χ2v) is 8.72. The van der Waals surface area contributed by atoms with Crippen molar-refractivity contribution in [1.29, 1.82) is 0 Å². The molecule has 1 unspecified atom stereocenters. The highest BCUT2D eigenvalue weighted by molar-refractivity contribution is 14.0. The van der Waals surface area contributed by atoms with Crippen LogP contribution in [0.4, 0.5) is 0 Å². The van der Waals surface area contributed by atoms with Crippen LogP contribution < -0.4 is 15.4 Å². The molecule has 8 heteroatoms. The van der Waals surface area contributed by atoms with Crippen molar-refractivity contribution in [3.8, 4) is 5.75 Å². The number of aliphatic imine (C=N–C) groups is 1. The number of rotatable bonds is 13. The van der Waals surface area contributed by atoms with Crippen molar-refractivity contribution in [2.75, 3.05) is 72.7 Å². The Bertz CT molecular complexity index is 681. The fourth-order valence-electron chi connectivity index (χ4n) is 3.88. The van der Waals surface area contributed by atoms with Crippen LogP contribution >= 0.6 is 24.0 Å². The Morgan fingerprint density at radius 3 is 2.48 bits per heavy atom. The number of nitrogens with one attached hydrogen (secondary N) is 2. The number of hydrogen-bond donors (Lipinski definition) is 2. The van der Waals surface area contributed by atoms with Crippen LogP contribution in [-0.2, 0) is 11.3 Å². The monoisotopic (exact) mass is 575 g/mol. The van der Waals surface area contributed by atoms with Gasteiger partial charge in [-0.25, -0.2) is 4.99 Å². The second-order valence-electron chi connectivity index (χ2n) is 8.72. The number of piperazine rings is 1. The molecule has 1 heterocycles. The number of benzene rings is 1. The van der Waals surface area contributed by atoms with Crippen LogP contribution in [0.25, 0.3) is 0 Å². The average molecular weight is 576 g/mol. The van der Waals surface area contributed by atoms with Gasteiger partial charge in [0.25, 0.3) is 0 Å². The lowest BCUT2D eigenvalue weighted by Crippen LogP contribution is -2.48. The Balaban J connectivity index is 0.00000544. The summed E-state index contributed by atoms with van der Waals surface area (Å²) in [5.74, 6) is 2.34. The van der Waals surface area contributed by atoms with Crippen LogP contribution in [-0.4, -0.2) is 88.4 Å². The maximum absolute atomic E-state index is 6.01. The van der Waals surface area contributed by atoms with Crippen molar-refractivity contribution >= 4 is 29.9 Å². The van der Waals surface area contributed by atoms with E-state index in [0.717, 1.165) is 49.9 Å². The van der Waals surface area contributed by atoms with E-state index in [1.165, 1.54) is 31.7 Å². The molecule has 33 heavy (non-hydrogen) atoms. The fraction of sp³-hybridized carbons (Fsp3) is 0.720. The molecule has 0 saturated carbocycles. The maximum atomic E-state index is 6.01. The quantitative estimate of drug-likeness (QED) is 0.163. The van der Waals surface area contributed by atoms with E-state index >= 15 is 0 Å². The zero-order valence-corrected chi connectivity index (χ0v) is 23.7. The van der Waals surface area contributed by atoms with E-state index < -0.39 is 0 Å². The molecule has 1 atom stereocenters. The van der Waals surface area contributed by atoms with Gasteiger partial charge in [-0.15, -0.1) is 24.0 Å². The highest BCUT2D eigenvalue weighted by Crippen LogP contribution is 2.21. The Morgan fingerprint density at radius 2 is 1.82 bits per heavy atom. The lowest BCUT2D eigenvalue weighted by molar-refractivity contribution is 0.124. The molecule has 190 valence electrons. The summed E-state index contributed by atoms with van der Waals surface area (Å²) >= 11 is 0. The molecule has 0 aromatic heterocycles. The molecule has 0 aliphatic carbocycles. The minimum Gasteiger partial charge on any atom is -0.493 e. The lowest BCUT2D eigenvalue weighted by Gasteiger charge is -2.35. The summed E-state index contributed by atoms with van der Waals surface area (Å²) in [7, 11) is 1.72. The summed E-state index contributed by atoms with van der Waals surface area (Å²) in [5.41, 5.74) is 2.30. The van der Waals surface area contributed by atoms with E-state index in [0.29, 0.717) is 25.7 Å². The second kappa shape index (κ2) is 17.4. The Morgan fingerprint density at radius 1 is 1.09 bits per heavy atom. The first kappa shape index (κ1) is 29.9. The lowest BCUT2D eigenvalue weighted by atomic mass is 10.1. The topological polar surface area (TPSA) is 61.4 Å². The highest BCUT2D eigenvalue weighted by Gasteiger charge is 2.17. The summed E-state index contributed by atoms with van der Waals surface area (Å²) in [6, 6.07) is 6.33. The number of halogens is 1. The molecule has 0 spiro atoms. The first-order chi connectivity index (χ1) is 15.5. The number of likely N-dealkylation sites (N-methyl/N-ethyl adjacent to an activating group) is 1. The molecule has 0 amide bonds. The largest absolute Gasteiger partial charge is 0.493 e. The minimum absolute atomic E-state index is 0. The van der Waals surface area contributed by atoms with Crippen LogP contribution in [0, 0.1) is 12.8 Å². The SMILES string of the molecule is CCNC(=NCc1ccc(C)cc1OCCCOC)NCC(C)CN1CCN(CC)CC1.I. The molecule has 1 fully saturated rings. The number of ether oxygens (including phenoxy) is 2. The summed E-state index contributed by atoms with van der Waals surface area (Å²) in [6.07, 6.45) is 0.878. The molecule has 1 aromatic rings. The van der Waals surface area contributed by atoms with E-state index in [9.17, 15) is 0 Å². The van der Waals surface area contributed by atoms with Crippen molar-refractivity contribution in [2.24, 2.45) is 10.9 Å². The van der Waals surface area contributed by atoms with Gasteiger partial charge in [-0.2, -0.15) is 0 Å². The van der Waals surface area contributed by atoms with Gasteiger partial charge in [-0.05, 0) is 37.9 Å². The highest BCUT2D eigenvalue weighted by atomic mass is 127. The van der Waals surface area contributed by atoms with Crippen molar-refractivity contribution in [3.63, 3.8) is 0 Å². The van der Waals surface area contributed by atoms with Crippen molar-refractivity contribution in [1.82, 2.24) is 20.4 Å². The maximum Gasteiger partial charge on any atom is 0.191 e. The first-order valence-corrected chi connectivity index (χ1v) is 12.2. The molecule has 1 saturated heterocycles. The Labute approximate surface area is 218 Å². The molecule has 2 N–H and O–H groups in total. The Hall–Kier alpha value is -1.10. The third-order valence-corrected chi connectivity index (χ3v) is 5.82. The van der Waals surface area contributed by atoms with E-state index in [1.807, 2.05) is 0 Å². The third-order valence-electron chi connectivity index (χ3n) is 5.82. The number of aryl methyl sites for hydroxylation is 1. The van der Waals surface area contributed by atoms with Crippen molar-refractivity contribution in [2.45, 2.75) is 40.7 Å². The predicted molar refractivity (Wildman–Crippen MR) is 149 cm³/mol. The first-order valence-electron chi connectivity index (χ1n) is 12.2. The van der Waals surface area contributed by atoms with Gasteiger partial charge in [-0.1, -0.05) is 26.0 Å². The van der Waals surface area contributed by atoms with Gasteiger partial charge >= 0.3 is 0 Å². The molecule has 2 rings (SSSR count). The predicted octanol–water partition coefficient (Wildman–Crippen LogP) is 3.36. The van der Waals surface area contributed by atoms with E-state index in [2.05, 4.69) is 66.3 Å².